The summed E-state index contributed by atoms with van der Waals surface area (Å²) >= 11 is 0. The highest BCUT2D eigenvalue weighted by molar-refractivity contribution is 5.55. The van der Waals surface area contributed by atoms with Gasteiger partial charge in [0.25, 0.3) is 0 Å². The van der Waals surface area contributed by atoms with Gasteiger partial charge in [-0.05, 0) is 45.7 Å². The first-order chi connectivity index (χ1) is 11.6. The molecule has 1 atom stereocenters. The van der Waals surface area contributed by atoms with Gasteiger partial charge < -0.3 is 9.84 Å². The number of aryl methyl sites for hydroxylation is 1. The van der Waals surface area contributed by atoms with Gasteiger partial charge in [0.1, 0.15) is 6.04 Å². The predicted octanol–water partition coefficient (Wildman–Crippen LogP) is 3.92. The number of hydrogen-bond donors (Lipinski definition) is 1. The Hall–Kier alpha value is -2.63. The van der Waals surface area contributed by atoms with E-state index in [2.05, 4.69) is 27.5 Å². The Balaban J connectivity index is 1.58. The fraction of sp³-hybridized carbons (Fsp3) is 0.389. The average molecular weight is 323 g/mol. The smallest absolute Gasteiger partial charge is 0.248 e. The molecule has 0 unspecified atom stereocenters. The van der Waals surface area contributed by atoms with Crippen LogP contribution < -0.4 is 5.32 Å². The highest BCUT2D eigenvalue weighted by Gasteiger charge is 2.29. The fourth-order valence-electron chi connectivity index (χ4n) is 2.88. The van der Waals surface area contributed by atoms with Crippen molar-refractivity contribution < 1.29 is 4.52 Å². The summed E-state index contributed by atoms with van der Waals surface area (Å²) in [5.41, 5.74) is 4.07. The third-order valence-electron chi connectivity index (χ3n) is 4.42. The van der Waals surface area contributed by atoms with Crippen molar-refractivity contribution in [1.29, 1.82) is 0 Å². The number of nitrogens with zero attached hydrogens (tertiary/aromatic N) is 4. The van der Waals surface area contributed by atoms with E-state index in [1.165, 1.54) is 12.8 Å². The van der Waals surface area contributed by atoms with Gasteiger partial charge >= 0.3 is 0 Å². The van der Waals surface area contributed by atoms with Crippen LogP contribution in [0.2, 0.25) is 0 Å². The van der Waals surface area contributed by atoms with Gasteiger partial charge in [-0.2, -0.15) is 10.1 Å². The molecule has 1 aliphatic rings. The van der Waals surface area contributed by atoms with Crippen LogP contribution in [-0.4, -0.2) is 19.9 Å². The lowest BCUT2D eigenvalue weighted by atomic mass is 10.2. The van der Waals surface area contributed by atoms with Crippen LogP contribution in [0.3, 0.4) is 0 Å². The monoisotopic (exact) mass is 323 g/mol. The maximum atomic E-state index is 5.42. The molecule has 0 bridgehead atoms. The number of anilines is 1. The molecule has 0 spiro atoms. The molecule has 2 aromatic heterocycles. The van der Waals surface area contributed by atoms with Crippen molar-refractivity contribution >= 4 is 5.69 Å². The molecule has 1 N–H and O–H groups in total. The first-order valence-corrected chi connectivity index (χ1v) is 8.35. The van der Waals surface area contributed by atoms with E-state index in [4.69, 9.17) is 4.52 Å². The summed E-state index contributed by atoms with van der Waals surface area (Å²) in [7, 11) is 0. The number of nitrogens with one attached hydrogen (secondary N) is 1. The molecule has 6 heteroatoms. The first kappa shape index (κ1) is 14.9. The largest absolute Gasteiger partial charge is 0.371 e. The topological polar surface area (TPSA) is 68.8 Å². The molecule has 3 aromatic rings. The van der Waals surface area contributed by atoms with Gasteiger partial charge in [-0.1, -0.05) is 23.4 Å². The zero-order valence-corrected chi connectivity index (χ0v) is 14.2. The number of para-hydroxylation sites is 1. The Morgan fingerprint density at radius 2 is 1.96 bits per heavy atom. The molecule has 0 aliphatic heterocycles. The summed E-state index contributed by atoms with van der Waals surface area (Å²) in [6.45, 7) is 6.10. The molecule has 1 aromatic carbocycles. The van der Waals surface area contributed by atoms with Crippen LogP contribution in [0, 0.1) is 13.8 Å². The summed E-state index contributed by atoms with van der Waals surface area (Å²) in [6.07, 6.45) is 2.34. The molecule has 4 rings (SSSR count). The Labute approximate surface area is 140 Å². The van der Waals surface area contributed by atoms with E-state index in [-0.39, 0.29) is 6.04 Å². The predicted molar refractivity (Wildman–Crippen MR) is 91.3 cm³/mol. The fourth-order valence-corrected chi connectivity index (χ4v) is 2.88. The Morgan fingerprint density at radius 3 is 2.67 bits per heavy atom. The second-order valence-corrected chi connectivity index (χ2v) is 6.42. The number of aromatic nitrogens is 4. The van der Waals surface area contributed by atoms with E-state index in [1.54, 1.807) is 0 Å². The molecular formula is C18H21N5O. The van der Waals surface area contributed by atoms with Crippen molar-refractivity contribution in [2.45, 2.75) is 45.6 Å². The van der Waals surface area contributed by atoms with Crippen molar-refractivity contribution in [3.63, 3.8) is 0 Å². The van der Waals surface area contributed by atoms with Gasteiger partial charge in [0, 0.05) is 5.92 Å². The van der Waals surface area contributed by atoms with E-state index in [1.807, 2.05) is 48.9 Å². The number of rotatable bonds is 5. The standard InChI is InChI=1S/C18H21N5O/c1-11-16(13(3)23(21-11)15-7-5-4-6-8-15)19-12(2)18-20-17(22-24-18)14-9-10-14/h4-8,12,14,19H,9-10H2,1-3H3/t12-/m1/s1. The van der Waals surface area contributed by atoms with E-state index >= 15 is 0 Å². The molecule has 1 fully saturated rings. The van der Waals surface area contributed by atoms with Crippen LogP contribution in [0.5, 0.6) is 0 Å². The van der Waals surface area contributed by atoms with E-state index < -0.39 is 0 Å². The van der Waals surface area contributed by atoms with E-state index in [9.17, 15) is 0 Å². The molecule has 0 amide bonds. The highest BCUT2D eigenvalue weighted by atomic mass is 16.5. The molecule has 2 heterocycles. The molecule has 1 saturated carbocycles. The van der Waals surface area contributed by atoms with Crippen LogP contribution in [0.1, 0.15) is 54.8 Å². The minimum atomic E-state index is -0.0594. The molecule has 0 saturated heterocycles. The number of hydrogen-bond acceptors (Lipinski definition) is 5. The summed E-state index contributed by atoms with van der Waals surface area (Å²) in [4.78, 5) is 4.53. The molecule has 6 nitrogen and oxygen atoms in total. The average Bonchev–Trinajstić information content (AvgIpc) is 3.26. The zero-order valence-electron chi connectivity index (χ0n) is 14.2. The third-order valence-corrected chi connectivity index (χ3v) is 4.42. The first-order valence-electron chi connectivity index (χ1n) is 8.35. The Morgan fingerprint density at radius 1 is 1.21 bits per heavy atom. The summed E-state index contributed by atoms with van der Waals surface area (Å²) in [5.74, 6) is 1.97. The number of benzene rings is 1. The summed E-state index contributed by atoms with van der Waals surface area (Å²) < 4.78 is 7.37. The van der Waals surface area contributed by atoms with Gasteiger partial charge in [-0.25, -0.2) is 4.68 Å². The van der Waals surface area contributed by atoms with Gasteiger partial charge in [-0.15, -0.1) is 0 Å². The van der Waals surface area contributed by atoms with Gasteiger partial charge in [0.05, 0.1) is 22.8 Å². The maximum Gasteiger partial charge on any atom is 0.248 e. The second-order valence-electron chi connectivity index (χ2n) is 6.42. The molecular weight excluding hydrogens is 302 g/mol. The lowest BCUT2D eigenvalue weighted by molar-refractivity contribution is 0.363. The van der Waals surface area contributed by atoms with Gasteiger partial charge in [0.2, 0.25) is 5.89 Å². The van der Waals surface area contributed by atoms with Crippen molar-refractivity contribution in [1.82, 2.24) is 19.9 Å². The van der Waals surface area contributed by atoms with Crippen molar-refractivity contribution in [3.8, 4) is 5.69 Å². The molecule has 24 heavy (non-hydrogen) atoms. The minimum absolute atomic E-state index is 0.0594. The van der Waals surface area contributed by atoms with Gasteiger partial charge in [0.15, 0.2) is 5.82 Å². The normalized spacial score (nSPS) is 15.5. The second kappa shape index (κ2) is 5.78. The van der Waals surface area contributed by atoms with Crippen LogP contribution in [0.4, 0.5) is 5.69 Å². The molecule has 124 valence electrons. The van der Waals surface area contributed by atoms with Crippen LogP contribution in [-0.2, 0) is 0 Å². The lowest BCUT2D eigenvalue weighted by Gasteiger charge is -2.12. The summed E-state index contributed by atoms with van der Waals surface area (Å²) in [5, 5.41) is 12.2. The van der Waals surface area contributed by atoms with Crippen molar-refractivity contribution in [2.75, 3.05) is 5.32 Å². The van der Waals surface area contributed by atoms with Gasteiger partial charge in [-0.3, -0.25) is 0 Å². The zero-order chi connectivity index (χ0) is 16.7. The highest BCUT2D eigenvalue weighted by Crippen LogP contribution is 2.38. The SMILES string of the molecule is Cc1nn(-c2ccccc2)c(C)c1N[C@H](C)c1nc(C2CC2)no1. The lowest BCUT2D eigenvalue weighted by Crippen LogP contribution is -2.09. The third kappa shape index (κ3) is 2.68. The van der Waals surface area contributed by atoms with Crippen LogP contribution in [0.15, 0.2) is 34.9 Å². The quantitative estimate of drug-likeness (QED) is 0.770. The minimum Gasteiger partial charge on any atom is -0.371 e. The van der Waals surface area contributed by atoms with Crippen LogP contribution in [0.25, 0.3) is 5.69 Å². The van der Waals surface area contributed by atoms with Crippen molar-refractivity contribution in [3.05, 3.63) is 53.4 Å². The summed E-state index contributed by atoms with van der Waals surface area (Å²) in [6, 6.07) is 10.1. The molecule has 1 aliphatic carbocycles. The molecule has 0 radical (unpaired) electrons. The Bertz CT molecular complexity index is 848. The van der Waals surface area contributed by atoms with E-state index in [0.29, 0.717) is 11.8 Å². The maximum absolute atomic E-state index is 5.42. The van der Waals surface area contributed by atoms with Crippen LogP contribution >= 0.6 is 0 Å². The van der Waals surface area contributed by atoms with Crippen molar-refractivity contribution in [2.24, 2.45) is 0 Å². The Kier molecular flexibility index (Phi) is 3.59. The van der Waals surface area contributed by atoms with E-state index in [0.717, 1.165) is 28.6 Å².